The molecule has 2 amide bonds. The zero-order chi connectivity index (χ0) is 25.9. The standard InChI is InChI=1S/C30H42N6O/c1-21(2)36-30(37)35(28-13-11-25(20-32-28)31-19-23-14-16-34(4)17-15-23)27-18-22(3)10-12-26(27)29(33-36)24-8-6-5-7-9-24/h10-13,18,20-21,23-24,31H,5-9,14-17,19H2,1-4H3. The molecular formula is C30H42N6O. The van der Waals surface area contributed by atoms with Crippen LogP contribution in [0.2, 0.25) is 0 Å². The molecule has 1 aromatic heterocycles. The number of urea groups is 1. The molecular weight excluding hydrogens is 460 g/mol. The van der Waals surface area contributed by atoms with Crippen LogP contribution in [0.15, 0.2) is 41.6 Å². The number of aryl methyl sites for hydroxylation is 1. The third-order valence-electron chi connectivity index (χ3n) is 8.16. The van der Waals surface area contributed by atoms with Gasteiger partial charge in [0.05, 0.1) is 29.3 Å². The van der Waals surface area contributed by atoms with Gasteiger partial charge in [0.2, 0.25) is 0 Å². The number of carbonyl (C=O) groups is 1. The molecule has 0 unspecified atom stereocenters. The van der Waals surface area contributed by atoms with Crippen LogP contribution in [0.5, 0.6) is 0 Å². The van der Waals surface area contributed by atoms with Crippen LogP contribution in [0.25, 0.3) is 0 Å². The van der Waals surface area contributed by atoms with Crippen molar-refractivity contribution in [1.82, 2.24) is 14.9 Å². The highest BCUT2D eigenvalue weighted by Gasteiger charge is 2.35. The quantitative estimate of drug-likeness (QED) is 0.496. The molecule has 1 N–H and O–H groups in total. The Labute approximate surface area is 221 Å². The van der Waals surface area contributed by atoms with Crippen molar-refractivity contribution in [3.63, 3.8) is 0 Å². The number of benzene rings is 1. The lowest BCUT2D eigenvalue weighted by molar-refractivity contribution is 0.195. The Morgan fingerprint density at radius 3 is 2.46 bits per heavy atom. The Hall–Kier alpha value is -2.93. The molecule has 2 fully saturated rings. The Kier molecular flexibility index (Phi) is 7.79. The highest BCUT2D eigenvalue weighted by atomic mass is 16.2. The van der Waals surface area contributed by atoms with Gasteiger partial charge in [0.25, 0.3) is 0 Å². The summed E-state index contributed by atoms with van der Waals surface area (Å²) in [6.45, 7) is 9.42. The maximum absolute atomic E-state index is 14.0. The lowest BCUT2D eigenvalue weighted by Crippen LogP contribution is -2.41. The molecule has 3 aliphatic rings. The fourth-order valence-electron chi connectivity index (χ4n) is 5.85. The molecule has 0 radical (unpaired) electrons. The van der Waals surface area contributed by atoms with E-state index < -0.39 is 0 Å². The van der Waals surface area contributed by atoms with Gasteiger partial charge in [0.15, 0.2) is 0 Å². The van der Waals surface area contributed by atoms with Crippen molar-refractivity contribution in [2.24, 2.45) is 16.9 Å². The summed E-state index contributed by atoms with van der Waals surface area (Å²) in [6, 6.07) is 10.2. The fourth-order valence-corrected chi connectivity index (χ4v) is 5.85. The molecule has 7 nitrogen and oxygen atoms in total. The first-order valence-electron chi connectivity index (χ1n) is 14.1. The van der Waals surface area contributed by atoms with Crippen molar-refractivity contribution in [2.45, 2.75) is 71.8 Å². The van der Waals surface area contributed by atoms with Crippen LogP contribution in [0.3, 0.4) is 0 Å². The van der Waals surface area contributed by atoms with Gasteiger partial charge in [-0.3, -0.25) is 0 Å². The number of pyridine rings is 1. The van der Waals surface area contributed by atoms with Gasteiger partial charge in [-0.15, -0.1) is 0 Å². The summed E-state index contributed by atoms with van der Waals surface area (Å²) in [6.07, 6.45) is 10.3. The highest BCUT2D eigenvalue weighted by Crippen LogP contribution is 2.38. The molecule has 5 rings (SSSR count). The molecule has 2 aromatic rings. The van der Waals surface area contributed by atoms with Crippen LogP contribution in [-0.4, -0.2) is 59.4 Å². The maximum Gasteiger partial charge on any atom is 0.350 e. The minimum Gasteiger partial charge on any atom is -0.384 e. The van der Waals surface area contributed by atoms with E-state index in [1.54, 1.807) is 9.91 Å². The zero-order valence-corrected chi connectivity index (χ0v) is 22.9. The molecule has 7 heteroatoms. The molecule has 3 heterocycles. The second-order valence-corrected chi connectivity index (χ2v) is 11.4. The van der Waals surface area contributed by atoms with Crippen molar-refractivity contribution >= 4 is 28.9 Å². The Balaban J connectivity index is 1.45. The lowest BCUT2D eigenvalue weighted by Gasteiger charge is -2.29. The number of rotatable bonds is 6. The summed E-state index contributed by atoms with van der Waals surface area (Å²) in [4.78, 5) is 23.0. The lowest BCUT2D eigenvalue weighted by atomic mass is 9.82. The largest absolute Gasteiger partial charge is 0.384 e. The first kappa shape index (κ1) is 25.7. The van der Waals surface area contributed by atoms with E-state index in [1.165, 1.54) is 32.1 Å². The molecule has 0 spiro atoms. The van der Waals surface area contributed by atoms with E-state index in [-0.39, 0.29) is 12.1 Å². The van der Waals surface area contributed by atoms with Crippen LogP contribution in [0.1, 0.15) is 69.9 Å². The molecule has 1 saturated heterocycles. The van der Waals surface area contributed by atoms with Gasteiger partial charge >= 0.3 is 6.03 Å². The van der Waals surface area contributed by atoms with E-state index in [4.69, 9.17) is 10.1 Å². The normalized spacial score (nSPS) is 20.1. The second kappa shape index (κ2) is 11.2. The Morgan fingerprint density at radius 1 is 1.03 bits per heavy atom. The predicted octanol–water partition coefficient (Wildman–Crippen LogP) is 6.41. The van der Waals surface area contributed by atoms with Gasteiger partial charge in [0.1, 0.15) is 5.82 Å². The van der Waals surface area contributed by atoms with E-state index in [1.807, 2.05) is 32.2 Å². The summed E-state index contributed by atoms with van der Waals surface area (Å²) in [5.74, 6) is 1.70. The number of hydrogen-bond acceptors (Lipinski definition) is 5. The highest BCUT2D eigenvalue weighted by molar-refractivity contribution is 6.13. The van der Waals surface area contributed by atoms with Gasteiger partial charge < -0.3 is 10.2 Å². The number of nitrogens with one attached hydrogen (secondary N) is 1. The number of aromatic nitrogens is 1. The number of amides is 2. The smallest absolute Gasteiger partial charge is 0.350 e. The summed E-state index contributed by atoms with van der Waals surface area (Å²) in [7, 11) is 2.19. The minimum atomic E-state index is -0.146. The van der Waals surface area contributed by atoms with Gasteiger partial charge in [-0.2, -0.15) is 5.10 Å². The molecule has 0 bridgehead atoms. The molecule has 0 atom stereocenters. The number of piperidine rings is 1. The first-order chi connectivity index (χ1) is 17.9. The molecule has 1 saturated carbocycles. The predicted molar refractivity (Wildman–Crippen MR) is 152 cm³/mol. The third kappa shape index (κ3) is 5.66. The van der Waals surface area contributed by atoms with Gasteiger partial charge in [-0.05, 0) is 96.3 Å². The van der Waals surface area contributed by atoms with Crippen LogP contribution in [0, 0.1) is 18.8 Å². The van der Waals surface area contributed by atoms with Gasteiger partial charge in [-0.1, -0.05) is 31.4 Å². The van der Waals surface area contributed by atoms with Crippen molar-refractivity contribution < 1.29 is 4.79 Å². The number of hydrogen-bond donors (Lipinski definition) is 1. The zero-order valence-electron chi connectivity index (χ0n) is 22.9. The molecule has 2 aliphatic heterocycles. The Morgan fingerprint density at radius 2 is 1.78 bits per heavy atom. The SMILES string of the molecule is Cc1ccc2c(c1)N(c1ccc(NCC3CCN(C)CC3)cn1)C(=O)N(C(C)C)N=C2C1CCCCC1. The number of nitrogens with zero attached hydrogens (tertiary/aromatic N) is 5. The average molecular weight is 503 g/mol. The Bertz CT molecular complexity index is 1110. The van der Waals surface area contributed by atoms with Gasteiger partial charge in [-0.25, -0.2) is 19.7 Å². The number of fused-ring (bicyclic) bond motifs is 1. The van der Waals surface area contributed by atoms with Crippen molar-refractivity contribution in [2.75, 3.05) is 36.9 Å². The van der Waals surface area contributed by atoms with Gasteiger partial charge in [0, 0.05) is 18.0 Å². The summed E-state index contributed by atoms with van der Waals surface area (Å²) in [5.41, 5.74) is 5.11. The van der Waals surface area contributed by atoms with Crippen molar-refractivity contribution in [3.05, 3.63) is 47.7 Å². The van der Waals surface area contributed by atoms with Crippen LogP contribution in [-0.2, 0) is 0 Å². The van der Waals surface area contributed by atoms with E-state index in [9.17, 15) is 4.79 Å². The average Bonchev–Trinajstić information content (AvgIpc) is 3.03. The van der Waals surface area contributed by atoms with Crippen LogP contribution >= 0.6 is 0 Å². The van der Waals surface area contributed by atoms with E-state index in [2.05, 4.69) is 42.4 Å². The topological polar surface area (TPSA) is 64.1 Å². The fraction of sp³-hybridized carbons (Fsp3) is 0.567. The molecule has 1 aromatic carbocycles. The number of hydrazone groups is 1. The first-order valence-corrected chi connectivity index (χ1v) is 14.1. The van der Waals surface area contributed by atoms with Crippen molar-refractivity contribution in [3.8, 4) is 0 Å². The third-order valence-corrected chi connectivity index (χ3v) is 8.16. The molecule has 198 valence electrons. The van der Waals surface area contributed by atoms with Crippen molar-refractivity contribution in [1.29, 1.82) is 0 Å². The number of carbonyl (C=O) groups excluding carboxylic acids is 1. The minimum absolute atomic E-state index is 0.0560. The van der Waals surface area contributed by atoms with E-state index in [0.717, 1.165) is 60.7 Å². The monoisotopic (exact) mass is 502 g/mol. The maximum atomic E-state index is 14.0. The van der Waals surface area contributed by atoms with E-state index >= 15 is 0 Å². The van der Waals surface area contributed by atoms with E-state index in [0.29, 0.717) is 17.7 Å². The van der Waals surface area contributed by atoms with Crippen LogP contribution < -0.4 is 10.2 Å². The number of anilines is 3. The summed E-state index contributed by atoms with van der Waals surface area (Å²) in [5, 5.41) is 10.3. The number of likely N-dealkylation sites (tertiary alicyclic amines) is 1. The van der Waals surface area contributed by atoms with Crippen LogP contribution in [0.4, 0.5) is 22.0 Å². The second-order valence-electron chi connectivity index (χ2n) is 11.4. The molecule has 37 heavy (non-hydrogen) atoms. The molecule has 1 aliphatic carbocycles. The summed E-state index contributed by atoms with van der Waals surface area (Å²) < 4.78 is 0. The summed E-state index contributed by atoms with van der Waals surface area (Å²) >= 11 is 0.